The molecule has 1 amide bonds. The van der Waals surface area contributed by atoms with Gasteiger partial charge in [0.25, 0.3) is 0 Å². The fraction of sp³-hybridized carbons (Fsp3) is 0.471. The van der Waals surface area contributed by atoms with Gasteiger partial charge in [0.2, 0.25) is 5.91 Å². The van der Waals surface area contributed by atoms with Gasteiger partial charge in [-0.25, -0.2) is 4.68 Å². The van der Waals surface area contributed by atoms with Gasteiger partial charge >= 0.3 is 5.97 Å². The summed E-state index contributed by atoms with van der Waals surface area (Å²) in [5, 5.41) is 20.8. The Kier molecular flexibility index (Phi) is 5.06. The number of tetrazole rings is 1. The highest BCUT2D eigenvalue weighted by Crippen LogP contribution is 2.23. The third kappa shape index (κ3) is 3.84. The number of rotatable bonds is 5. The van der Waals surface area contributed by atoms with Crippen molar-refractivity contribution < 1.29 is 14.7 Å². The number of benzene rings is 1. The second kappa shape index (κ2) is 7.42. The number of nitrogens with zero attached hydrogens (tertiary/aromatic N) is 5. The molecule has 0 spiro atoms. The number of likely N-dealkylation sites (tertiary alicyclic amines) is 1. The fourth-order valence-electron chi connectivity index (χ4n) is 3.23. The van der Waals surface area contributed by atoms with Gasteiger partial charge in [-0.05, 0) is 35.8 Å². The zero-order valence-corrected chi connectivity index (χ0v) is 14.1. The third-order valence-corrected chi connectivity index (χ3v) is 4.59. The van der Waals surface area contributed by atoms with Crippen LogP contribution in [0.2, 0.25) is 0 Å². The summed E-state index contributed by atoms with van der Waals surface area (Å²) in [5.41, 5.74) is 1.00. The molecule has 132 valence electrons. The molecule has 0 saturated carbocycles. The largest absolute Gasteiger partial charge is 0.481 e. The summed E-state index contributed by atoms with van der Waals surface area (Å²) in [6.07, 6.45) is 1.75. The van der Waals surface area contributed by atoms with Crippen LogP contribution in [-0.4, -0.2) is 55.2 Å². The SMILES string of the molecule is Cc1nnnn1[C@@H](Cc1ccccc1)C(=O)N1CCC[C@H](C(=O)O)C1. The number of aliphatic carboxylic acids is 1. The van der Waals surface area contributed by atoms with E-state index in [1.807, 2.05) is 30.3 Å². The average molecular weight is 343 g/mol. The van der Waals surface area contributed by atoms with Crippen LogP contribution in [0.4, 0.5) is 0 Å². The minimum Gasteiger partial charge on any atom is -0.481 e. The molecular formula is C17H21N5O3. The molecule has 1 fully saturated rings. The topological polar surface area (TPSA) is 101 Å². The van der Waals surface area contributed by atoms with E-state index < -0.39 is 17.9 Å². The molecule has 0 unspecified atom stereocenters. The predicted octanol–water partition coefficient (Wildman–Crippen LogP) is 1.09. The Bertz CT molecular complexity index is 746. The lowest BCUT2D eigenvalue weighted by Gasteiger charge is -2.33. The molecule has 2 heterocycles. The van der Waals surface area contributed by atoms with Crippen LogP contribution in [0.5, 0.6) is 0 Å². The smallest absolute Gasteiger partial charge is 0.308 e. The molecular weight excluding hydrogens is 322 g/mol. The van der Waals surface area contributed by atoms with Crippen LogP contribution in [0.15, 0.2) is 30.3 Å². The van der Waals surface area contributed by atoms with Crippen molar-refractivity contribution in [2.45, 2.75) is 32.2 Å². The molecule has 1 saturated heterocycles. The quantitative estimate of drug-likeness (QED) is 0.872. The zero-order valence-electron chi connectivity index (χ0n) is 14.1. The van der Waals surface area contributed by atoms with Gasteiger partial charge in [0.15, 0.2) is 0 Å². The number of carboxylic acid groups (broad SMARTS) is 1. The van der Waals surface area contributed by atoms with Crippen LogP contribution in [0.3, 0.4) is 0 Å². The Morgan fingerprint density at radius 3 is 2.72 bits per heavy atom. The van der Waals surface area contributed by atoms with Crippen molar-refractivity contribution in [2.75, 3.05) is 13.1 Å². The van der Waals surface area contributed by atoms with E-state index in [9.17, 15) is 14.7 Å². The van der Waals surface area contributed by atoms with Crippen molar-refractivity contribution in [3.05, 3.63) is 41.7 Å². The van der Waals surface area contributed by atoms with E-state index in [4.69, 9.17) is 0 Å². The molecule has 1 aliphatic heterocycles. The van der Waals surface area contributed by atoms with E-state index in [0.717, 1.165) is 5.56 Å². The third-order valence-electron chi connectivity index (χ3n) is 4.59. The van der Waals surface area contributed by atoms with Gasteiger partial charge in [-0.15, -0.1) is 5.10 Å². The van der Waals surface area contributed by atoms with Crippen molar-refractivity contribution in [2.24, 2.45) is 5.92 Å². The van der Waals surface area contributed by atoms with Gasteiger partial charge in [-0.1, -0.05) is 30.3 Å². The van der Waals surface area contributed by atoms with E-state index >= 15 is 0 Å². The number of hydrogen-bond donors (Lipinski definition) is 1. The van der Waals surface area contributed by atoms with Crippen molar-refractivity contribution in [1.29, 1.82) is 0 Å². The summed E-state index contributed by atoms with van der Waals surface area (Å²) in [5.74, 6) is -0.938. The van der Waals surface area contributed by atoms with Gasteiger partial charge in [0, 0.05) is 19.5 Å². The number of aryl methyl sites for hydroxylation is 1. The van der Waals surface area contributed by atoms with Gasteiger partial charge in [-0.3, -0.25) is 9.59 Å². The van der Waals surface area contributed by atoms with Crippen LogP contribution < -0.4 is 0 Å². The first-order valence-electron chi connectivity index (χ1n) is 8.36. The number of amides is 1. The molecule has 0 radical (unpaired) electrons. The number of hydrogen-bond acceptors (Lipinski definition) is 5. The average Bonchev–Trinajstić information content (AvgIpc) is 3.06. The lowest BCUT2D eigenvalue weighted by atomic mass is 9.96. The summed E-state index contributed by atoms with van der Waals surface area (Å²) in [6, 6.07) is 9.09. The highest BCUT2D eigenvalue weighted by molar-refractivity contribution is 5.82. The summed E-state index contributed by atoms with van der Waals surface area (Å²) in [4.78, 5) is 26.1. The highest BCUT2D eigenvalue weighted by atomic mass is 16.4. The molecule has 8 nitrogen and oxygen atoms in total. The maximum Gasteiger partial charge on any atom is 0.308 e. The molecule has 0 bridgehead atoms. The Balaban J connectivity index is 1.84. The lowest BCUT2D eigenvalue weighted by Crippen LogP contribution is -2.46. The zero-order chi connectivity index (χ0) is 17.8. The minimum absolute atomic E-state index is 0.134. The lowest BCUT2D eigenvalue weighted by molar-refractivity contribution is -0.146. The van der Waals surface area contributed by atoms with E-state index in [1.165, 1.54) is 4.68 Å². The Morgan fingerprint density at radius 1 is 1.32 bits per heavy atom. The van der Waals surface area contributed by atoms with Gasteiger partial charge in [0.1, 0.15) is 11.9 Å². The Morgan fingerprint density at radius 2 is 2.08 bits per heavy atom. The van der Waals surface area contributed by atoms with E-state index in [0.29, 0.717) is 31.6 Å². The molecule has 3 rings (SSSR count). The first-order valence-corrected chi connectivity index (χ1v) is 8.36. The number of aromatic nitrogens is 4. The molecule has 1 N–H and O–H groups in total. The standard InChI is InChI=1S/C17H21N5O3/c1-12-18-19-20-22(12)15(10-13-6-3-2-4-7-13)16(23)21-9-5-8-14(11-21)17(24)25/h2-4,6-7,14-15H,5,8-11H2,1H3,(H,24,25)/t14-,15-/m0/s1. The number of carbonyl (C=O) groups is 2. The van der Waals surface area contributed by atoms with Crippen molar-refractivity contribution in [3.63, 3.8) is 0 Å². The molecule has 1 aliphatic rings. The number of piperidine rings is 1. The van der Waals surface area contributed by atoms with Gasteiger partial charge < -0.3 is 10.0 Å². The van der Waals surface area contributed by atoms with E-state index in [1.54, 1.807) is 11.8 Å². The molecule has 25 heavy (non-hydrogen) atoms. The molecule has 2 atom stereocenters. The maximum absolute atomic E-state index is 13.1. The van der Waals surface area contributed by atoms with Crippen molar-refractivity contribution >= 4 is 11.9 Å². The Hall–Kier alpha value is -2.77. The molecule has 0 aliphatic carbocycles. The molecule has 8 heteroatoms. The molecule has 1 aromatic carbocycles. The predicted molar refractivity (Wildman–Crippen MR) is 88.7 cm³/mol. The van der Waals surface area contributed by atoms with Crippen LogP contribution in [-0.2, 0) is 16.0 Å². The summed E-state index contributed by atoms with van der Waals surface area (Å²) in [7, 11) is 0. The van der Waals surface area contributed by atoms with E-state index in [-0.39, 0.29) is 12.5 Å². The molecule has 1 aromatic heterocycles. The second-order valence-electron chi connectivity index (χ2n) is 6.34. The fourth-order valence-corrected chi connectivity index (χ4v) is 3.23. The minimum atomic E-state index is -0.851. The number of carboxylic acids is 1. The normalized spacial score (nSPS) is 18.8. The van der Waals surface area contributed by atoms with Crippen LogP contribution >= 0.6 is 0 Å². The van der Waals surface area contributed by atoms with Crippen molar-refractivity contribution in [3.8, 4) is 0 Å². The second-order valence-corrected chi connectivity index (χ2v) is 6.34. The highest BCUT2D eigenvalue weighted by Gasteiger charge is 2.33. The summed E-state index contributed by atoms with van der Waals surface area (Å²) < 4.78 is 1.53. The van der Waals surface area contributed by atoms with E-state index in [2.05, 4.69) is 15.5 Å². The monoisotopic (exact) mass is 343 g/mol. The first kappa shape index (κ1) is 17.1. The van der Waals surface area contributed by atoms with Crippen LogP contribution in [0.25, 0.3) is 0 Å². The number of carbonyl (C=O) groups excluding carboxylic acids is 1. The summed E-state index contributed by atoms with van der Waals surface area (Å²) >= 11 is 0. The van der Waals surface area contributed by atoms with Gasteiger partial charge in [0.05, 0.1) is 5.92 Å². The van der Waals surface area contributed by atoms with Crippen LogP contribution in [0.1, 0.15) is 30.3 Å². The van der Waals surface area contributed by atoms with Crippen LogP contribution in [0, 0.1) is 12.8 Å². The molecule has 2 aromatic rings. The maximum atomic E-state index is 13.1. The first-order chi connectivity index (χ1) is 12.1. The summed E-state index contributed by atoms with van der Waals surface area (Å²) in [6.45, 7) is 2.55. The Labute approximate surface area is 145 Å². The van der Waals surface area contributed by atoms with Crippen molar-refractivity contribution in [1.82, 2.24) is 25.1 Å². The van der Waals surface area contributed by atoms with Gasteiger partial charge in [-0.2, -0.15) is 0 Å².